The Morgan fingerprint density at radius 1 is 0.600 bits per heavy atom. The lowest BCUT2D eigenvalue weighted by molar-refractivity contribution is 0.601. The normalized spacial score (nSPS) is 11.2. The summed E-state index contributed by atoms with van der Waals surface area (Å²) in [5, 5.41) is 13.7. The molecule has 0 amide bonds. The van der Waals surface area contributed by atoms with Crippen molar-refractivity contribution in [2.75, 3.05) is 23.0 Å². The first kappa shape index (κ1) is 31.6. The van der Waals surface area contributed by atoms with Gasteiger partial charge in [0.15, 0.2) is 11.5 Å². The number of unbranched alkanes of at least 4 members (excludes halogenated alkanes) is 1. The Balaban J connectivity index is 0.000000677. The van der Waals surface area contributed by atoms with Gasteiger partial charge in [0.25, 0.3) is 0 Å². The molecular formula is C36H44O2S2. The highest BCUT2D eigenvalue weighted by atomic mass is 32.3. The summed E-state index contributed by atoms with van der Waals surface area (Å²) >= 11 is 1.59. The molecule has 0 N–H and O–H groups in total. The number of hydrogen-bond acceptors (Lipinski definition) is 3. The van der Waals surface area contributed by atoms with Gasteiger partial charge in [0.05, 0.1) is 0 Å². The first-order valence-electron chi connectivity index (χ1n) is 14.8. The van der Waals surface area contributed by atoms with Gasteiger partial charge in [-0.2, -0.15) is 10.0 Å². The molecule has 40 heavy (non-hydrogen) atoms. The van der Waals surface area contributed by atoms with E-state index in [4.69, 9.17) is 8.83 Å². The minimum atomic E-state index is -0.885. The lowest BCUT2D eigenvalue weighted by atomic mass is 9.98. The maximum Gasteiger partial charge on any atom is 0.179 e. The van der Waals surface area contributed by atoms with Gasteiger partial charge in [-0.3, -0.25) is 0 Å². The van der Waals surface area contributed by atoms with E-state index >= 15 is 0 Å². The Hall–Kier alpha value is -2.92. The molecule has 3 aromatic carbocycles. The van der Waals surface area contributed by atoms with Crippen LogP contribution in [0.5, 0.6) is 0 Å². The van der Waals surface area contributed by atoms with Gasteiger partial charge in [-0.15, -0.1) is 0 Å². The molecule has 5 rings (SSSR count). The zero-order valence-electron chi connectivity index (χ0n) is 25.5. The zero-order valence-corrected chi connectivity index (χ0v) is 27.1. The van der Waals surface area contributed by atoms with Crippen LogP contribution in [0, 0.1) is 22.3 Å². The summed E-state index contributed by atoms with van der Waals surface area (Å²) in [6, 6.07) is 17.0. The molecular weight excluding hydrogens is 529 g/mol. The van der Waals surface area contributed by atoms with Crippen molar-refractivity contribution in [3.8, 4) is 22.3 Å². The Morgan fingerprint density at radius 3 is 1.45 bits per heavy atom. The van der Waals surface area contributed by atoms with Gasteiger partial charge in [-0.25, -0.2) is 0 Å². The predicted octanol–water partition coefficient (Wildman–Crippen LogP) is 11.6. The van der Waals surface area contributed by atoms with Crippen LogP contribution in [0.1, 0.15) is 79.8 Å². The highest BCUT2D eigenvalue weighted by Gasteiger charge is 2.15. The fourth-order valence-corrected chi connectivity index (χ4v) is 6.82. The summed E-state index contributed by atoms with van der Waals surface area (Å²) in [5.74, 6) is 12.3. The van der Waals surface area contributed by atoms with Crippen molar-refractivity contribution < 1.29 is 8.83 Å². The summed E-state index contributed by atoms with van der Waals surface area (Å²) in [6.07, 6.45) is 2.64. The third-order valence-corrected chi connectivity index (χ3v) is 11.5. The highest BCUT2D eigenvalue weighted by Crippen LogP contribution is 2.45. The smallest absolute Gasteiger partial charge is 0.179 e. The summed E-state index contributed by atoms with van der Waals surface area (Å²) in [7, 11) is -0.885. The number of fused-ring (bicyclic) bond motifs is 7. The summed E-state index contributed by atoms with van der Waals surface area (Å²) in [4.78, 5) is 0. The zero-order chi connectivity index (χ0) is 29.1. The van der Waals surface area contributed by atoms with Crippen molar-refractivity contribution in [1.29, 1.82) is 0 Å². The molecule has 0 saturated heterocycles. The van der Waals surface area contributed by atoms with Crippen LogP contribution in [0.3, 0.4) is 0 Å². The van der Waals surface area contributed by atoms with Crippen molar-refractivity contribution in [3.63, 3.8) is 0 Å². The van der Waals surface area contributed by atoms with Gasteiger partial charge in [0, 0.05) is 28.7 Å². The number of benzene rings is 3. The molecule has 0 aliphatic heterocycles. The van der Waals surface area contributed by atoms with Crippen LogP contribution in [-0.2, 0) is 0 Å². The van der Waals surface area contributed by atoms with Gasteiger partial charge >= 0.3 is 0 Å². The van der Waals surface area contributed by atoms with E-state index in [1.54, 1.807) is 11.8 Å². The molecule has 0 aliphatic carbocycles. The van der Waals surface area contributed by atoms with E-state index in [1.165, 1.54) is 34.4 Å². The molecule has 0 unspecified atom stereocenters. The first-order valence-corrected chi connectivity index (χ1v) is 17.9. The second-order valence-electron chi connectivity index (χ2n) is 9.23. The molecule has 0 spiro atoms. The van der Waals surface area contributed by atoms with Crippen LogP contribution in [0.4, 0.5) is 0 Å². The van der Waals surface area contributed by atoms with Crippen molar-refractivity contribution >= 4 is 65.3 Å². The van der Waals surface area contributed by atoms with Crippen molar-refractivity contribution in [2.45, 2.75) is 68.2 Å². The van der Waals surface area contributed by atoms with Crippen molar-refractivity contribution in [3.05, 3.63) is 60.1 Å². The lowest BCUT2D eigenvalue weighted by Gasteiger charge is -2.30. The summed E-state index contributed by atoms with van der Waals surface area (Å²) in [5.41, 5.74) is 1.75. The van der Waals surface area contributed by atoms with E-state index in [0.717, 1.165) is 50.7 Å². The monoisotopic (exact) mass is 572 g/mol. The predicted molar refractivity (Wildman–Crippen MR) is 184 cm³/mol. The number of rotatable bonds is 5. The number of hydrogen-bond donors (Lipinski definition) is 0. The molecule has 0 fully saturated rings. The molecule has 2 nitrogen and oxygen atoms in total. The molecule has 0 radical (unpaired) electrons. The minimum Gasteiger partial charge on any atom is -0.448 e. The molecule has 212 valence electrons. The SMILES string of the molecule is CC.CCCC.CCSC#Cc1cc2c(ccc3c2ccc2c4cc(C#CS(CC)(CC)CC)oc4ccc23)o1. The third-order valence-electron chi connectivity index (χ3n) is 7.13. The molecule has 2 heterocycles. The van der Waals surface area contributed by atoms with E-state index < -0.39 is 10.0 Å². The molecule has 4 heteroatoms. The summed E-state index contributed by atoms with van der Waals surface area (Å²) in [6.45, 7) is 17.2. The van der Waals surface area contributed by atoms with Gasteiger partial charge in [0.1, 0.15) is 11.2 Å². The number of furan rings is 2. The second kappa shape index (κ2) is 15.2. The van der Waals surface area contributed by atoms with Crippen molar-refractivity contribution in [1.82, 2.24) is 0 Å². The minimum absolute atomic E-state index is 0.710. The maximum absolute atomic E-state index is 6.14. The van der Waals surface area contributed by atoms with Crippen LogP contribution in [-0.4, -0.2) is 23.0 Å². The average molecular weight is 573 g/mol. The van der Waals surface area contributed by atoms with Crippen LogP contribution in [0.2, 0.25) is 0 Å². The largest absolute Gasteiger partial charge is 0.448 e. The van der Waals surface area contributed by atoms with Crippen LogP contribution >= 0.6 is 21.8 Å². The Labute approximate surface area is 247 Å². The molecule has 5 aromatic rings. The molecule has 0 saturated carbocycles. The molecule has 0 aliphatic rings. The topological polar surface area (TPSA) is 26.3 Å². The van der Waals surface area contributed by atoms with Crippen molar-refractivity contribution in [2.24, 2.45) is 0 Å². The average Bonchev–Trinajstić information content (AvgIpc) is 3.63. The lowest BCUT2D eigenvalue weighted by Crippen LogP contribution is -2.05. The second-order valence-corrected chi connectivity index (χ2v) is 14.3. The van der Waals surface area contributed by atoms with Gasteiger partial charge in [0.2, 0.25) is 0 Å². The fourth-order valence-electron chi connectivity index (χ4n) is 4.53. The van der Waals surface area contributed by atoms with E-state index in [2.05, 4.69) is 106 Å². The maximum atomic E-state index is 6.14. The van der Waals surface area contributed by atoms with Crippen LogP contribution in [0.25, 0.3) is 43.5 Å². The molecule has 0 atom stereocenters. The Bertz CT molecular complexity index is 1670. The van der Waals surface area contributed by atoms with E-state index in [-0.39, 0.29) is 0 Å². The fraction of sp³-hybridized carbons (Fsp3) is 0.389. The van der Waals surface area contributed by atoms with E-state index in [1.807, 2.05) is 19.9 Å². The van der Waals surface area contributed by atoms with Crippen LogP contribution in [0.15, 0.2) is 57.4 Å². The van der Waals surface area contributed by atoms with Gasteiger partial charge < -0.3 is 8.83 Å². The Kier molecular flexibility index (Phi) is 12.0. The van der Waals surface area contributed by atoms with E-state index in [0.29, 0.717) is 5.76 Å². The quantitative estimate of drug-likeness (QED) is 0.155. The van der Waals surface area contributed by atoms with E-state index in [9.17, 15) is 0 Å². The summed E-state index contributed by atoms with van der Waals surface area (Å²) < 4.78 is 12.1. The first-order chi connectivity index (χ1) is 19.5. The third kappa shape index (κ3) is 6.86. The number of thioether (sulfide) groups is 1. The van der Waals surface area contributed by atoms with Crippen LogP contribution < -0.4 is 0 Å². The Morgan fingerprint density at radius 2 is 1.02 bits per heavy atom. The highest BCUT2D eigenvalue weighted by molar-refractivity contribution is 8.37. The van der Waals surface area contributed by atoms with Gasteiger partial charge in [-0.1, -0.05) is 104 Å². The molecule has 2 aromatic heterocycles. The standard InChI is InChI=1S/C30H28O2S2.C4H10.C2H6/c1-5-33-17-15-21-19-27-25-9-10-26-24(23(25)11-13-29(27)31-21)12-14-30-28(26)20-22(32-30)16-18-34(6-2,7-3)8-4;1-3-4-2;1-2/h9-14,19-20H,5-8H2,1-4H3;3-4H2,1-2H3;1-2H3. The molecule has 0 bridgehead atoms. The van der Waals surface area contributed by atoms with Gasteiger partial charge in [-0.05, 0) is 73.3 Å².